The zero-order valence-corrected chi connectivity index (χ0v) is 6.42. The Kier molecular flexibility index (Phi) is 1.34. The second kappa shape index (κ2) is 2.33. The van der Waals surface area contributed by atoms with Crippen LogP contribution in [0, 0.1) is 0 Å². The van der Waals surface area contributed by atoms with Crippen molar-refractivity contribution in [1.29, 1.82) is 0 Å². The predicted molar refractivity (Wildman–Crippen MR) is 38.5 cm³/mol. The number of hydrogen-bond acceptors (Lipinski definition) is 3. The molecular weight excluding hydrogens is 126 g/mol. The van der Waals surface area contributed by atoms with Crippen molar-refractivity contribution < 1.29 is 1.37 Å². The zero-order chi connectivity index (χ0) is 8.48. The summed E-state index contributed by atoms with van der Waals surface area (Å²) in [4.78, 5) is 0. The molecular formula is C7H11N3. The molecule has 3 nitrogen and oxygen atoms in total. The van der Waals surface area contributed by atoms with Crippen LogP contribution in [0.2, 0.25) is 0 Å². The number of nitrogens with zero attached hydrogens (tertiary/aromatic N) is 3. The molecule has 0 radical (unpaired) electrons. The van der Waals surface area contributed by atoms with Crippen molar-refractivity contribution in [2.45, 2.75) is 26.2 Å². The molecule has 1 heterocycles. The van der Waals surface area contributed by atoms with E-state index in [0.29, 0.717) is 0 Å². The highest BCUT2D eigenvalue weighted by Gasteiger charge is 2.13. The summed E-state index contributed by atoms with van der Waals surface area (Å²) in [7, 11) is 0. The van der Waals surface area contributed by atoms with Gasteiger partial charge < -0.3 is 0 Å². The first-order valence-electron chi connectivity index (χ1n) is 3.67. The molecule has 54 valence electrons. The van der Waals surface area contributed by atoms with Crippen LogP contribution in [0.25, 0.3) is 0 Å². The molecule has 0 spiro atoms. The first kappa shape index (κ1) is 5.77. The van der Waals surface area contributed by atoms with Crippen molar-refractivity contribution in [3.63, 3.8) is 0 Å². The monoisotopic (exact) mass is 138 g/mol. The summed E-state index contributed by atoms with van der Waals surface area (Å²) in [5, 5.41) is 10.6. The summed E-state index contributed by atoms with van der Waals surface area (Å²) >= 11 is 0. The molecule has 0 atom stereocenters. The van der Waals surface area contributed by atoms with Crippen molar-refractivity contribution in [3.8, 4) is 0 Å². The standard InChI is InChI=1S/C7H11N3/c1-7(2,3)6-4-8-10-9-5-6/h4-5H,1-3H3/i4D. The topological polar surface area (TPSA) is 38.7 Å². The number of hydrogen-bond donors (Lipinski definition) is 0. The van der Waals surface area contributed by atoms with E-state index in [1.165, 1.54) is 0 Å². The van der Waals surface area contributed by atoms with Crippen molar-refractivity contribution in [2.75, 3.05) is 0 Å². The molecule has 0 aliphatic rings. The molecule has 1 aromatic rings. The van der Waals surface area contributed by atoms with Gasteiger partial charge in [-0.15, -0.1) is 10.2 Å². The fourth-order valence-corrected chi connectivity index (χ4v) is 0.576. The van der Waals surface area contributed by atoms with E-state index in [2.05, 4.69) is 15.4 Å². The zero-order valence-electron chi connectivity index (χ0n) is 7.42. The Morgan fingerprint density at radius 2 is 2.10 bits per heavy atom. The number of rotatable bonds is 0. The number of aromatic nitrogens is 3. The van der Waals surface area contributed by atoms with Crippen molar-refractivity contribution >= 4 is 0 Å². The Labute approximate surface area is 61.9 Å². The molecule has 10 heavy (non-hydrogen) atoms. The summed E-state index contributed by atoms with van der Waals surface area (Å²) in [6.45, 7) is 6.05. The second-order valence-corrected chi connectivity index (χ2v) is 3.21. The van der Waals surface area contributed by atoms with Crippen molar-refractivity contribution in [3.05, 3.63) is 17.9 Å². The second-order valence-electron chi connectivity index (χ2n) is 3.21. The Morgan fingerprint density at radius 1 is 1.40 bits per heavy atom. The van der Waals surface area contributed by atoms with E-state index < -0.39 is 0 Å². The third-order valence-corrected chi connectivity index (χ3v) is 1.26. The Balaban J connectivity index is 3.14. The molecule has 0 N–H and O–H groups in total. The average molecular weight is 138 g/mol. The van der Waals surface area contributed by atoms with E-state index in [9.17, 15) is 0 Å². The summed E-state index contributed by atoms with van der Waals surface area (Å²) in [6.07, 6.45) is 1.81. The van der Waals surface area contributed by atoms with Gasteiger partial charge in [0.25, 0.3) is 0 Å². The highest BCUT2D eigenvalue weighted by Crippen LogP contribution is 2.18. The summed E-state index contributed by atoms with van der Waals surface area (Å²) in [5.41, 5.74) is 0.757. The van der Waals surface area contributed by atoms with Gasteiger partial charge >= 0.3 is 0 Å². The largest absolute Gasteiger partial charge is 0.138 e. The summed E-state index contributed by atoms with van der Waals surface area (Å²) < 4.78 is 7.41. The van der Waals surface area contributed by atoms with E-state index in [1.54, 1.807) is 6.20 Å². The lowest BCUT2D eigenvalue weighted by Gasteiger charge is -2.16. The fourth-order valence-electron chi connectivity index (χ4n) is 0.576. The van der Waals surface area contributed by atoms with Crippen LogP contribution in [-0.4, -0.2) is 15.4 Å². The van der Waals surface area contributed by atoms with Crippen LogP contribution in [-0.2, 0) is 5.41 Å². The third-order valence-electron chi connectivity index (χ3n) is 1.26. The van der Waals surface area contributed by atoms with Gasteiger partial charge in [0, 0.05) is 0 Å². The van der Waals surface area contributed by atoms with Crippen LogP contribution < -0.4 is 0 Å². The van der Waals surface area contributed by atoms with Gasteiger partial charge in [-0.25, -0.2) is 0 Å². The van der Waals surface area contributed by atoms with Gasteiger partial charge in [0.05, 0.1) is 13.7 Å². The SMILES string of the molecule is [2H]c1nnncc1C(C)(C)C. The van der Waals surface area contributed by atoms with E-state index in [1.807, 2.05) is 20.8 Å². The van der Waals surface area contributed by atoms with Crippen LogP contribution in [0.15, 0.2) is 12.4 Å². The molecule has 0 fully saturated rings. The van der Waals surface area contributed by atoms with Crippen molar-refractivity contribution in [2.24, 2.45) is 0 Å². The minimum Gasteiger partial charge on any atom is -0.138 e. The minimum atomic E-state index is -0.0694. The minimum absolute atomic E-state index is 0.0694. The van der Waals surface area contributed by atoms with Gasteiger partial charge in [-0.3, -0.25) is 0 Å². The van der Waals surface area contributed by atoms with Gasteiger partial charge in [-0.2, -0.15) is 0 Å². The van der Waals surface area contributed by atoms with Gasteiger partial charge in [0.2, 0.25) is 0 Å². The smallest absolute Gasteiger partial charge is 0.0864 e. The first-order valence-corrected chi connectivity index (χ1v) is 3.17. The van der Waals surface area contributed by atoms with Crippen LogP contribution in [0.5, 0.6) is 0 Å². The highest BCUT2D eigenvalue weighted by atomic mass is 15.3. The van der Waals surface area contributed by atoms with Crippen LogP contribution in [0.1, 0.15) is 27.7 Å². The van der Waals surface area contributed by atoms with E-state index in [0.717, 1.165) is 5.56 Å². The van der Waals surface area contributed by atoms with Crippen LogP contribution in [0.3, 0.4) is 0 Å². The van der Waals surface area contributed by atoms with E-state index in [-0.39, 0.29) is 11.6 Å². The fraction of sp³-hybridized carbons (Fsp3) is 0.571. The first-order chi connectivity index (χ1) is 5.02. The van der Waals surface area contributed by atoms with E-state index in [4.69, 9.17) is 1.37 Å². The molecule has 0 bridgehead atoms. The van der Waals surface area contributed by atoms with Gasteiger partial charge in [-0.05, 0) is 16.2 Å². The van der Waals surface area contributed by atoms with Crippen molar-refractivity contribution in [1.82, 2.24) is 15.4 Å². The highest BCUT2D eigenvalue weighted by molar-refractivity contribution is 5.12. The molecule has 1 rings (SSSR count). The molecule has 0 amide bonds. The molecule has 0 unspecified atom stereocenters. The van der Waals surface area contributed by atoms with Gasteiger partial charge in [-0.1, -0.05) is 20.8 Å². The lowest BCUT2D eigenvalue weighted by molar-refractivity contribution is 0.577. The van der Waals surface area contributed by atoms with E-state index >= 15 is 0 Å². The quantitative estimate of drug-likeness (QED) is 0.540. The van der Waals surface area contributed by atoms with Crippen LogP contribution in [0.4, 0.5) is 0 Å². The maximum Gasteiger partial charge on any atom is 0.0864 e. The predicted octanol–water partition coefficient (Wildman–Crippen LogP) is 1.17. The van der Waals surface area contributed by atoms with Gasteiger partial charge in [0.1, 0.15) is 0 Å². The van der Waals surface area contributed by atoms with Gasteiger partial charge in [0.15, 0.2) is 0 Å². The Bertz CT molecular complexity index is 254. The molecule has 0 aromatic carbocycles. The molecule has 0 saturated heterocycles. The molecule has 3 heteroatoms. The molecule has 0 saturated carbocycles. The lowest BCUT2D eigenvalue weighted by atomic mass is 9.90. The summed E-state index contributed by atoms with van der Waals surface area (Å²) in [5.74, 6) is 0. The maximum atomic E-state index is 7.41. The Hall–Kier alpha value is -0.990. The normalized spacial score (nSPS) is 12.9. The Morgan fingerprint density at radius 3 is 2.50 bits per heavy atom. The van der Waals surface area contributed by atoms with Crippen LogP contribution >= 0.6 is 0 Å². The molecule has 1 aromatic heterocycles. The molecule has 0 aliphatic heterocycles. The third kappa shape index (κ3) is 1.50. The average Bonchev–Trinajstić information content (AvgIpc) is 1.86. The lowest BCUT2D eigenvalue weighted by Crippen LogP contribution is -2.12. The summed E-state index contributed by atoms with van der Waals surface area (Å²) in [6, 6.07) is 0. The maximum absolute atomic E-state index is 7.41. The molecule has 0 aliphatic carbocycles.